The molecule has 0 spiro atoms. The van der Waals surface area contributed by atoms with E-state index >= 15 is 0 Å². The second kappa shape index (κ2) is 5.49. The van der Waals surface area contributed by atoms with Crippen molar-refractivity contribution in [2.45, 2.75) is 91.1 Å². The zero-order valence-electron chi connectivity index (χ0n) is 15.3. The van der Waals surface area contributed by atoms with Crippen LogP contribution in [0.15, 0.2) is 0 Å². The molecule has 0 aromatic carbocycles. The van der Waals surface area contributed by atoms with Crippen molar-refractivity contribution < 1.29 is 9.53 Å². The molecule has 7 atom stereocenters. The summed E-state index contributed by atoms with van der Waals surface area (Å²) in [4.78, 5) is 11.4. The Morgan fingerprint density at radius 1 is 0.957 bits per heavy atom. The summed E-state index contributed by atoms with van der Waals surface area (Å²) in [6.07, 6.45) is 13.9. The molecule has 0 unspecified atom stereocenters. The highest BCUT2D eigenvalue weighted by Crippen LogP contribution is 2.66. The van der Waals surface area contributed by atoms with E-state index in [1.165, 1.54) is 51.4 Å². The van der Waals surface area contributed by atoms with Gasteiger partial charge >= 0.3 is 5.97 Å². The van der Waals surface area contributed by atoms with Crippen LogP contribution in [0.2, 0.25) is 0 Å². The number of rotatable bonds is 1. The first-order valence-electron chi connectivity index (χ1n) is 10.1. The Hall–Kier alpha value is -0.530. The number of esters is 1. The molecule has 0 heterocycles. The molecule has 0 amide bonds. The van der Waals surface area contributed by atoms with Crippen LogP contribution in [0.25, 0.3) is 0 Å². The summed E-state index contributed by atoms with van der Waals surface area (Å²) in [6, 6.07) is 0. The molecular weight excluding hydrogens is 284 g/mol. The van der Waals surface area contributed by atoms with Crippen LogP contribution in [-0.4, -0.2) is 12.1 Å². The Bertz CT molecular complexity index is 486. The molecule has 0 saturated heterocycles. The Balaban J connectivity index is 1.57. The standard InChI is InChI=1S/C21H34O2/c1-14(22)23-16-8-6-15-7-9-17-18-5-4-11-20(18,2)12-10-19(17)21(15,3)13-16/h15-19H,4-13H2,1-3H3/t15-,16+,17-,18+,19+,20-,21-/m1/s1. The van der Waals surface area contributed by atoms with Crippen molar-refractivity contribution >= 4 is 5.97 Å². The van der Waals surface area contributed by atoms with Crippen LogP contribution in [0.1, 0.15) is 85.0 Å². The highest BCUT2D eigenvalue weighted by Gasteiger charge is 2.58. The maximum atomic E-state index is 11.4. The molecule has 0 aromatic heterocycles. The summed E-state index contributed by atoms with van der Waals surface area (Å²) in [5.74, 6) is 3.61. The Labute approximate surface area is 141 Å². The molecule has 4 aliphatic carbocycles. The first-order valence-corrected chi connectivity index (χ1v) is 10.1. The molecular formula is C21H34O2. The van der Waals surface area contributed by atoms with Crippen LogP contribution in [0.3, 0.4) is 0 Å². The molecule has 4 aliphatic rings. The summed E-state index contributed by atoms with van der Waals surface area (Å²) in [7, 11) is 0. The molecule has 23 heavy (non-hydrogen) atoms. The van der Waals surface area contributed by atoms with Gasteiger partial charge in [-0.1, -0.05) is 20.3 Å². The minimum atomic E-state index is -0.0866. The number of ether oxygens (including phenoxy) is 1. The van der Waals surface area contributed by atoms with E-state index < -0.39 is 0 Å². The average Bonchev–Trinajstić information content (AvgIpc) is 2.87. The lowest BCUT2D eigenvalue weighted by Gasteiger charge is -2.60. The summed E-state index contributed by atoms with van der Waals surface area (Å²) < 4.78 is 5.65. The number of carbonyl (C=O) groups is 1. The smallest absolute Gasteiger partial charge is 0.302 e. The maximum Gasteiger partial charge on any atom is 0.302 e. The van der Waals surface area contributed by atoms with Gasteiger partial charge in [0.25, 0.3) is 0 Å². The Kier molecular flexibility index (Phi) is 3.81. The number of hydrogen-bond donors (Lipinski definition) is 0. The van der Waals surface area contributed by atoms with Crippen molar-refractivity contribution in [2.75, 3.05) is 0 Å². The first-order chi connectivity index (χ1) is 10.9. The topological polar surface area (TPSA) is 26.3 Å². The van der Waals surface area contributed by atoms with Crippen LogP contribution in [-0.2, 0) is 9.53 Å². The van der Waals surface area contributed by atoms with Crippen LogP contribution < -0.4 is 0 Å². The number of fused-ring (bicyclic) bond motifs is 5. The van der Waals surface area contributed by atoms with E-state index in [1.807, 2.05) is 0 Å². The van der Waals surface area contributed by atoms with Crippen molar-refractivity contribution in [3.63, 3.8) is 0 Å². The van der Waals surface area contributed by atoms with Crippen LogP contribution >= 0.6 is 0 Å². The van der Waals surface area contributed by atoms with Gasteiger partial charge in [0.1, 0.15) is 6.10 Å². The third-order valence-corrected chi connectivity index (χ3v) is 8.68. The van der Waals surface area contributed by atoms with Gasteiger partial charge in [-0.3, -0.25) is 4.79 Å². The summed E-state index contributed by atoms with van der Waals surface area (Å²) in [5.41, 5.74) is 1.07. The molecule has 0 aliphatic heterocycles. The van der Waals surface area contributed by atoms with Crippen molar-refractivity contribution in [3.8, 4) is 0 Å². The lowest BCUT2D eigenvalue weighted by molar-refractivity contribution is -0.161. The van der Waals surface area contributed by atoms with Gasteiger partial charge in [-0.05, 0) is 92.3 Å². The fourth-order valence-electron chi connectivity index (χ4n) is 7.64. The van der Waals surface area contributed by atoms with Gasteiger partial charge < -0.3 is 4.74 Å². The largest absolute Gasteiger partial charge is 0.463 e. The van der Waals surface area contributed by atoms with Gasteiger partial charge in [0.15, 0.2) is 0 Å². The van der Waals surface area contributed by atoms with Gasteiger partial charge in [0, 0.05) is 6.92 Å². The van der Waals surface area contributed by atoms with Gasteiger partial charge in [-0.2, -0.15) is 0 Å². The molecule has 0 aromatic rings. The molecule has 4 rings (SSSR count). The highest BCUT2D eigenvalue weighted by molar-refractivity contribution is 5.66. The van der Waals surface area contributed by atoms with Crippen molar-refractivity contribution in [3.05, 3.63) is 0 Å². The van der Waals surface area contributed by atoms with Crippen LogP contribution in [0, 0.1) is 34.5 Å². The minimum Gasteiger partial charge on any atom is -0.463 e. The van der Waals surface area contributed by atoms with Crippen LogP contribution in [0.4, 0.5) is 0 Å². The average molecular weight is 319 g/mol. The SMILES string of the molecule is CC(=O)O[C@H]1CC[C@@H]2CC[C@@H]3[C@@H]4CCC[C@]4(C)CC[C@@H]3[C@]2(C)C1. The predicted molar refractivity (Wildman–Crippen MR) is 91.9 cm³/mol. The number of carbonyl (C=O) groups excluding carboxylic acids is 1. The normalized spacial score (nSPS) is 52.2. The van der Waals surface area contributed by atoms with Crippen molar-refractivity contribution in [1.29, 1.82) is 0 Å². The first kappa shape index (κ1) is 16.0. The highest BCUT2D eigenvalue weighted by atomic mass is 16.5. The van der Waals surface area contributed by atoms with E-state index in [9.17, 15) is 4.79 Å². The van der Waals surface area contributed by atoms with E-state index in [0.717, 1.165) is 36.5 Å². The molecule has 4 saturated carbocycles. The Morgan fingerprint density at radius 3 is 2.52 bits per heavy atom. The van der Waals surface area contributed by atoms with E-state index in [2.05, 4.69) is 13.8 Å². The van der Waals surface area contributed by atoms with Gasteiger partial charge in [-0.15, -0.1) is 0 Å². The predicted octanol–water partition coefficient (Wildman–Crippen LogP) is 5.35. The van der Waals surface area contributed by atoms with E-state index in [4.69, 9.17) is 4.74 Å². The summed E-state index contributed by atoms with van der Waals surface area (Å²) in [6.45, 7) is 6.71. The van der Waals surface area contributed by atoms with Crippen molar-refractivity contribution in [1.82, 2.24) is 0 Å². The third-order valence-electron chi connectivity index (χ3n) is 8.68. The lowest BCUT2D eigenvalue weighted by Crippen LogP contribution is -2.53. The second-order valence-electron chi connectivity index (χ2n) is 9.75. The quantitative estimate of drug-likeness (QED) is 0.609. The van der Waals surface area contributed by atoms with E-state index in [-0.39, 0.29) is 12.1 Å². The maximum absolute atomic E-state index is 11.4. The molecule has 130 valence electrons. The zero-order valence-corrected chi connectivity index (χ0v) is 15.3. The molecule has 0 N–H and O–H groups in total. The van der Waals surface area contributed by atoms with Gasteiger partial charge in [-0.25, -0.2) is 0 Å². The molecule has 0 bridgehead atoms. The molecule has 2 nitrogen and oxygen atoms in total. The third kappa shape index (κ3) is 2.46. The molecule has 0 radical (unpaired) electrons. The van der Waals surface area contributed by atoms with Gasteiger partial charge in [0.05, 0.1) is 0 Å². The van der Waals surface area contributed by atoms with E-state index in [1.54, 1.807) is 6.92 Å². The molecule has 2 heteroatoms. The number of hydrogen-bond acceptors (Lipinski definition) is 2. The zero-order chi connectivity index (χ0) is 16.2. The van der Waals surface area contributed by atoms with Gasteiger partial charge in [0.2, 0.25) is 0 Å². The summed E-state index contributed by atoms with van der Waals surface area (Å²) >= 11 is 0. The second-order valence-corrected chi connectivity index (χ2v) is 9.75. The van der Waals surface area contributed by atoms with E-state index in [0.29, 0.717) is 10.8 Å². The van der Waals surface area contributed by atoms with Crippen molar-refractivity contribution in [2.24, 2.45) is 34.5 Å². The fourth-order valence-corrected chi connectivity index (χ4v) is 7.64. The fraction of sp³-hybridized carbons (Fsp3) is 0.952. The van der Waals surface area contributed by atoms with Crippen LogP contribution in [0.5, 0.6) is 0 Å². The summed E-state index contributed by atoms with van der Waals surface area (Å²) in [5, 5.41) is 0. The monoisotopic (exact) mass is 318 g/mol. The molecule has 4 fully saturated rings. The lowest BCUT2D eigenvalue weighted by atomic mass is 9.45. The Morgan fingerprint density at radius 2 is 1.74 bits per heavy atom. The minimum absolute atomic E-state index is 0.0866.